The maximum absolute atomic E-state index is 2.23. The topological polar surface area (TPSA) is 0 Å². The van der Waals surface area contributed by atoms with Gasteiger partial charge in [0.15, 0.2) is 0 Å². The molecule has 44 valence electrons. The fourth-order valence-electron chi connectivity index (χ4n) is 1.29. The van der Waals surface area contributed by atoms with E-state index in [1.165, 1.54) is 17.6 Å². The first-order valence-electron chi connectivity index (χ1n) is 3.14. The van der Waals surface area contributed by atoms with Gasteiger partial charge in [-0.15, -0.1) is 0 Å². The Hall–Kier alpha value is -0.520. The van der Waals surface area contributed by atoms with Crippen LogP contribution in [0.15, 0.2) is 22.8 Å². The van der Waals surface area contributed by atoms with Crippen LogP contribution in [0, 0.1) is 0 Å². The van der Waals surface area contributed by atoms with Gasteiger partial charge in [-0.25, -0.2) is 0 Å². The molecule has 0 aromatic heterocycles. The van der Waals surface area contributed by atoms with Gasteiger partial charge in [0.2, 0.25) is 0 Å². The highest BCUT2D eigenvalue weighted by atomic mass is 14.1. The molecule has 0 aromatic rings. The Morgan fingerprint density at radius 3 is 2.12 bits per heavy atom. The SMILES string of the molecule is CCC1=C(C)C=C1C. The van der Waals surface area contributed by atoms with Crippen molar-refractivity contribution < 1.29 is 0 Å². The van der Waals surface area contributed by atoms with Gasteiger partial charge in [0.05, 0.1) is 0 Å². The van der Waals surface area contributed by atoms with Crippen molar-refractivity contribution in [2.45, 2.75) is 27.2 Å². The molecule has 0 radical (unpaired) electrons. The van der Waals surface area contributed by atoms with Crippen molar-refractivity contribution in [3.63, 3.8) is 0 Å². The van der Waals surface area contributed by atoms with Crippen molar-refractivity contribution in [3.05, 3.63) is 22.8 Å². The molecule has 0 aliphatic heterocycles. The number of allylic oxidation sites excluding steroid dienone is 4. The van der Waals surface area contributed by atoms with Crippen molar-refractivity contribution >= 4 is 0 Å². The zero-order valence-electron chi connectivity index (χ0n) is 5.78. The molecule has 1 aliphatic rings. The van der Waals surface area contributed by atoms with Crippen molar-refractivity contribution in [2.24, 2.45) is 0 Å². The van der Waals surface area contributed by atoms with Crippen LogP contribution < -0.4 is 0 Å². The van der Waals surface area contributed by atoms with Crippen LogP contribution in [-0.4, -0.2) is 0 Å². The standard InChI is InChI=1S/C8H12/c1-4-8-6(2)5-7(8)3/h5H,4H2,1-3H3. The minimum atomic E-state index is 1.20. The molecule has 0 heterocycles. The summed E-state index contributed by atoms with van der Waals surface area (Å²) in [5.74, 6) is 0. The first kappa shape index (κ1) is 5.61. The van der Waals surface area contributed by atoms with Crippen molar-refractivity contribution in [3.8, 4) is 0 Å². The molecule has 0 spiro atoms. The van der Waals surface area contributed by atoms with Crippen molar-refractivity contribution in [2.75, 3.05) is 0 Å². The van der Waals surface area contributed by atoms with Gasteiger partial charge in [0.25, 0.3) is 0 Å². The average molecular weight is 108 g/mol. The van der Waals surface area contributed by atoms with E-state index in [2.05, 4.69) is 26.8 Å². The predicted molar refractivity (Wildman–Crippen MR) is 36.7 cm³/mol. The van der Waals surface area contributed by atoms with Crippen molar-refractivity contribution in [1.29, 1.82) is 0 Å². The van der Waals surface area contributed by atoms with Crippen LogP contribution in [0.1, 0.15) is 27.2 Å². The number of hydrogen-bond acceptors (Lipinski definition) is 0. The summed E-state index contributed by atoms with van der Waals surface area (Å²) in [6.45, 7) is 6.55. The third kappa shape index (κ3) is 0.605. The van der Waals surface area contributed by atoms with Gasteiger partial charge in [-0.2, -0.15) is 0 Å². The van der Waals surface area contributed by atoms with Crippen LogP contribution in [0.25, 0.3) is 0 Å². The summed E-state index contributed by atoms with van der Waals surface area (Å²) in [4.78, 5) is 0. The minimum absolute atomic E-state index is 1.20. The van der Waals surface area contributed by atoms with Crippen LogP contribution >= 0.6 is 0 Å². The molecular weight excluding hydrogens is 96.1 g/mol. The quantitative estimate of drug-likeness (QED) is 0.484. The third-order valence-electron chi connectivity index (χ3n) is 1.74. The van der Waals surface area contributed by atoms with Gasteiger partial charge in [0, 0.05) is 0 Å². The smallest absolute Gasteiger partial charge is 0.0302 e. The maximum Gasteiger partial charge on any atom is -0.0302 e. The van der Waals surface area contributed by atoms with Gasteiger partial charge < -0.3 is 0 Å². The summed E-state index contributed by atoms with van der Waals surface area (Å²) in [5, 5.41) is 0. The highest BCUT2D eigenvalue weighted by Crippen LogP contribution is 2.28. The van der Waals surface area contributed by atoms with Gasteiger partial charge in [-0.05, 0) is 37.0 Å². The Morgan fingerprint density at radius 1 is 1.38 bits per heavy atom. The normalized spacial score (nSPS) is 18.1. The maximum atomic E-state index is 2.23. The highest BCUT2D eigenvalue weighted by Gasteiger charge is 2.08. The summed E-state index contributed by atoms with van der Waals surface area (Å²) in [6, 6.07) is 0. The van der Waals surface area contributed by atoms with Crippen LogP contribution in [-0.2, 0) is 0 Å². The number of hydrogen-bond donors (Lipinski definition) is 0. The largest absolute Gasteiger partial charge is 0.0613 e. The average Bonchev–Trinajstić information content (AvgIpc) is 1.67. The predicted octanol–water partition coefficient (Wildman–Crippen LogP) is 2.67. The molecule has 0 nitrogen and oxygen atoms in total. The van der Waals surface area contributed by atoms with Gasteiger partial charge in [0.1, 0.15) is 0 Å². The highest BCUT2D eigenvalue weighted by molar-refractivity contribution is 5.50. The van der Waals surface area contributed by atoms with Crippen LogP contribution in [0.2, 0.25) is 0 Å². The molecular formula is C8H12. The van der Waals surface area contributed by atoms with E-state index in [1.807, 2.05) is 0 Å². The molecule has 1 aliphatic carbocycles. The summed E-state index contributed by atoms with van der Waals surface area (Å²) in [7, 11) is 0. The van der Waals surface area contributed by atoms with Crippen LogP contribution in [0.4, 0.5) is 0 Å². The van der Waals surface area contributed by atoms with Gasteiger partial charge in [-0.3, -0.25) is 0 Å². The molecule has 0 atom stereocenters. The Labute approximate surface area is 50.9 Å². The molecule has 1 rings (SSSR count). The van der Waals surface area contributed by atoms with E-state index < -0.39 is 0 Å². The Balaban J connectivity index is 2.65. The van der Waals surface area contributed by atoms with E-state index in [0.717, 1.165) is 0 Å². The van der Waals surface area contributed by atoms with E-state index in [0.29, 0.717) is 0 Å². The Kier molecular flexibility index (Phi) is 1.24. The zero-order valence-corrected chi connectivity index (χ0v) is 5.78. The van der Waals surface area contributed by atoms with Crippen molar-refractivity contribution in [1.82, 2.24) is 0 Å². The molecule has 0 unspecified atom stereocenters. The molecule has 0 saturated heterocycles. The lowest BCUT2D eigenvalue weighted by Crippen LogP contribution is -1.97. The fourth-order valence-corrected chi connectivity index (χ4v) is 1.29. The fraction of sp³-hybridized carbons (Fsp3) is 0.500. The second kappa shape index (κ2) is 1.77. The summed E-state index contributed by atoms with van der Waals surface area (Å²) < 4.78 is 0. The van der Waals surface area contributed by atoms with Gasteiger partial charge >= 0.3 is 0 Å². The van der Waals surface area contributed by atoms with Gasteiger partial charge in [-0.1, -0.05) is 13.0 Å². The number of rotatable bonds is 1. The summed E-state index contributed by atoms with van der Waals surface area (Å²) >= 11 is 0. The molecule has 0 amide bonds. The van der Waals surface area contributed by atoms with E-state index in [9.17, 15) is 0 Å². The van der Waals surface area contributed by atoms with E-state index in [-0.39, 0.29) is 0 Å². The van der Waals surface area contributed by atoms with E-state index >= 15 is 0 Å². The van der Waals surface area contributed by atoms with Crippen LogP contribution in [0.3, 0.4) is 0 Å². The molecule has 8 heavy (non-hydrogen) atoms. The minimum Gasteiger partial charge on any atom is -0.0613 e. The molecule has 0 bridgehead atoms. The Bertz CT molecular complexity index is 159. The van der Waals surface area contributed by atoms with E-state index in [4.69, 9.17) is 0 Å². The Morgan fingerprint density at radius 2 is 2.00 bits per heavy atom. The zero-order chi connectivity index (χ0) is 6.15. The summed E-state index contributed by atoms with van der Waals surface area (Å²) in [5.41, 5.74) is 4.51. The van der Waals surface area contributed by atoms with Crippen LogP contribution in [0.5, 0.6) is 0 Å². The molecule has 0 N–H and O–H groups in total. The third-order valence-corrected chi connectivity index (χ3v) is 1.74. The molecule has 0 fully saturated rings. The lowest BCUT2D eigenvalue weighted by Gasteiger charge is -2.17. The van der Waals surface area contributed by atoms with E-state index in [1.54, 1.807) is 5.57 Å². The lowest BCUT2D eigenvalue weighted by atomic mass is 9.89. The lowest BCUT2D eigenvalue weighted by molar-refractivity contribution is 1.04. The monoisotopic (exact) mass is 108 g/mol. The second-order valence-corrected chi connectivity index (χ2v) is 2.34. The molecule has 0 saturated carbocycles. The molecule has 0 aromatic carbocycles. The molecule has 0 heteroatoms. The second-order valence-electron chi connectivity index (χ2n) is 2.34. The first-order chi connectivity index (χ1) is 3.75. The first-order valence-corrected chi connectivity index (χ1v) is 3.14. The summed E-state index contributed by atoms with van der Waals surface area (Å²) in [6.07, 6.45) is 3.44.